The Labute approximate surface area is 103 Å². The third kappa shape index (κ3) is 3.68. The van der Waals surface area contributed by atoms with Gasteiger partial charge in [-0.3, -0.25) is 9.69 Å². The number of aliphatic hydroxyl groups is 1. The highest BCUT2D eigenvalue weighted by Gasteiger charge is 2.25. The summed E-state index contributed by atoms with van der Waals surface area (Å²) in [6.07, 6.45) is 6.37. The van der Waals surface area contributed by atoms with Crippen molar-refractivity contribution in [2.45, 2.75) is 38.5 Å². The minimum atomic E-state index is -0.00761. The first-order valence-electron chi connectivity index (χ1n) is 6.79. The zero-order valence-corrected chi connectivity index (χ0v) is 10.4. The van der Waals surface area contributed by atoms with Gasteiger partial charge in [-0.15, -0.1) is 0 Å². The average molecular weight is 241 g/mol. The molecule has 0 atom stereocenters. The molecule has 4 nitrogen and oxygen atoms in total. The van der Waals surface area contributed by atoms with Gasteiger partial charge in [0.15, 0.2) is 0 Å². The Morgan fingerprint density at radius 3 is 2.41 bits per heavy atom. The molecule has 4 heteroatoms. The quantitative estimate of drug-likeness (QED) is 0.756. The second-order valence-corrected chi connectivity index (χ2v) is 5.32. The van der Waals surface area contributed by atoms with Crippen LogP contribution in [0.25, 0.3) is 0 Å². The highest BCUT2D eigenvalue weighted by molar-refractivity contribution is 5.72. The zero-order chi connectivity index (χ0) is 12.1. The van der Waals surface area contributed by atoms with Crippen LogP contribution < -0.4 is 0 Å². The van der Waals surface area contributed by atoms with E-state index in [1.165, 1.54) is 12.8 Å². The monoisotopic (exact) mass is 241 g/mol. The van der Waals surface area contributed by atoms with Crippen LogP contribution in [0.5, 0.6) is 0 Å². The molecular formula is C13H23NO3. The van der Waals surface area contributed by atoms with Gasteiger partial charge >= 0.3 is 5.97 Å². The summed E-state index contributed by atoms with van der Waals surface area (Å²) in [5.74, 6) is 0.591. The molecule has 1 N–H and O–H groups in total. The van der Waals surface area contributed by atoms with Gasteiger partial charge in [-0.05, 0) is 31.6 Å². The molecule has 0 unspecified atom stereocenters. The predicted molar refractivity (Wildman–Crippen MR) is 64.3 cm³/mol. The van der Waals surface area contributed by atoms with E-state index in [1.807, 2.05) is 0 Å². The van der Waals surface area contributed by atoms with Crippen molar-refractivity contribution in [1.82, 2.24) is 4.90 Å². The van der Waals surface area contributed by atoms with E-state index >= 15 is 0 Å². The van der Waals surface area contributed by atoms with Crippen molar-refractivity contribution in [2.24, 2.45) is 11.8 Å². The number of hydrogen-bond donors (Lipinski definition) is 1. The van der Waals surface area contributed by atoms with Crippen molar-refractivity contribution in [1.29, 1.82) is 0 Å². The van der Waals surface area contributed by atoms with Gasteiger partial charge in [0.05, 0.1) is 5.92 Å². The van der Waals surface area contributed by atoms with Crippen molar-refractivity contribution < 1.29 is 14.6 Å². The summed E-state index contributed by atoms with van der Waals surface area (Å²) >= 11 is 0. The minimum absolute atomic E-state index is 0.00761. The van der Waals surface area contributed by atoms with Gasteiger partial charge in [-0.25, -0.2) is 0 Å². The van der Waals surface area contributed by atoms with Crippen LogP contribution in [0.3, 0.4) is 0 Å². The van der Waals surface area contributed by atoms with E-state index in [9.17, 15) is 4.79 Å². The number of ether oxygens (including phenoxy) is 1. The Morgan fingerprint density at radius 2 is 1.82 bits per heavy atom. The molecule has 17 heavy (non-hydrogen) atoms. The summed E-state index contributed by atoms with van der Waals surface area (Å²) in [6, 6.07) is 0. The largest absolute Gasteiger partial charge is 0.449 e. The SMILES string of the molecule is O=C(OCN1CCC(CO)CC1)C1CCCC1. The highest BCUT2D eigenvalue weighted by Crippen LogP contribution is 2.26. The van der Waals surface area contributed by atoms with Crippen molar-refractivity contribution >= 4 is 5.97 Å². The molecule has 2 fully saturated rings. The molecule has 0 aromatic heterocycles. The van der Waals surface area contributed by atoms with E-state index < -0.39 is 0 Å². The number of piperidine rings is 1. The average Bonchev–Trinajstić information content (AvgIpc) is 2.90. The summed E-state index contributed by atoms with van der Waals surface area (Å²) in [4.78, 5) is 13.9. The van der Waals surface area contributed by atoms with Gasteiger partial charge in [-0.1, -0.05) is 12.8 Å². The zero-order valence-electron chi connectivity index (χ0n) is 10.4. The molecule has 1 saturated heterocycles. The normalized spacial score (nSPS) is 24.1. The maximum absolute atomic E-state index is 11.7. The molecule has 1 saturated carbocycles. The van der Waals surface area contributed by atoms with Crippen molar-refractivity contribution in [2.75, 3.05) is 26.4 Å². The van der Waals surface area contributed by atoms with Crippen LogP contribution in [0, 0.1) is 11.8 Å². The van der Waals surface area contributed by atoms with Gasteiger partial charge in [0, 0.05) is 19.7 Å². The Kier molecular flexibility index (Phi) is 4.80. The maximum atomic E-state index is 11.7. The summed E-state index contributed by atoms with van der Waals surface area (Å²) in [5, 5.41) is 9.04. The molecule has 0 spiro atoms. The minimum Gasteiger partial charge on any atom is -0.449 e. The van der Waals surface area contributed by atoms with E-state index in [-0.39, 0.29) is 18.5 Å². The van der Waals surface area contributed by atoms with E-state index in [0.29, 0.717) is 12.6 Å². The molecule has 0 aromatic carbocycles. The lowest BCUT2D eigenvalue weighted by Crippen LogP contribution is -2.37. The number of rotatable bonds is 4. The van der Waals surface area contributed by atoms with Crippen molar-refractivity contribution in [3.63, 3.8) is 0 Å². The molecule has 0 radical (unpaired) electrons. The molecule has 1 heterocycles. The van der Waals surface area contributed by atoms with Gasteiger partial charge in [-0.2, -0.15) is 0 Å². The summed E-state index contributed by atoms with van der Waals surface area (Å²) in [7, 11) is 0. The highest BCUT2D eigenvalue weighted by atomic mass is 16.5. The summed E-state index contributed by atoms with van der Waals surface area (Å²) in [6.45, 7) is 2.59. The van der Waals surface area contributed by atoms with E-state index in [2.05, 4.69) is 4.90 Å². The third-order valence-electron chi connectivity index (χ3n) is 4.04. The van der Waals surface area contributed by atoms with Crippen LogP contribution >= 0.6 is 0 Å². The molecule has 1 aliphatic carbocycles. The first kappa shape index (κ1) is 12.8. The molecule has 0 amide bonds. The van der Waals surface area contributed by atoms with Gasteiger partial charge in [0.2, 0.25) is 0 Å². The molecule has 1 aliphatic heterocycles. The first-order valence-corrected chi connectivity index (χ1v) is 6.79. The van der Waals surface area contributed by atoms with Gasteiger partial charge in [0.1, 0.15) is 6.73 Å². The van der Waals surface area contributed by atoms with E-state index in [1.54, 1.807) is 0 Å². The number of likely N-dealkylation sites (tertiary alicyclic amines) is 1. The fraction of sp³-hybridized carbons (Fsp3) is 0.923. The Bertz CT molecular complexity index is 243. The topological polar surface area (TPSA) is 49.8 Å². The van der Waals surface area contributed by atoms with Crippen molar-refractivity contribution in [3.8, 4) is 0 Å². The molecule has 2 rings (SSSR count). The van der Waals surface area contributed by atoms with E-state index in [4.69, 9.17) is 9.84 Å². The van der Waals surface area contributed by atoms with Crippen LogP contribution in [0.1, 0.15) is 38.5 Å². The smallest absolute Gasteiger partial charge is 0.310 e. The second kappa shape index (κ2) is 6.36. The van der Waals surface area contributed by atoms with Crippen molar-refractivity contribution in [3.05, 3.63) is 0 Å². The molecule has 0 aromatic rings. The standard InChI is InChI=1S/C13H23NO3/c15-9-11-5-7-14(8-6-11)10-17-13(16)12-3-1-2-4-12/h11-12,15H,1-10H2. The number of esters is 1. The second-order valence-electron chi connectivity index (χ2n) is 5.32. The van der Waals surface area contributed by atoms with Crippen LogP contribution in [0.2, 0.25) is 0 Å². The molecular weight excluding hydrogens is 218 g/mol. The molecule has 2 aliphatic rings. The number of aliphatic hydroxyl groups excluding tert-OH is 1. The third-order valence-corrected chi connectivity index (χ3v) is 4.04. The lowest BCUT2D eigenvalue weighted by molar-refractivity contribution is -0.154. The van der Waals surface area contributed by atoms with Crippen LogP contribution in [-0.4, -0.2) is 42.4 Å². The van der Waals surface area contributed by atoms with Gasteiger partial charge < -0.3 is 9.84 Å². The number of hydrogen-bond acceptors (Lipinski definition) is 4. The lowest BCUT2D eigenvalue weighted by Gasteiger charge is -2.30. The lowest BCUT2D eigenvalue weighted by atomic mass is 9.98. The van der Waals surface area contributed by atoms with Gasteiger partial charge in [0.25, 0.3) is 0 Å². The first-order chi connectivity index (χ1) is 8.29. The fourth-order valence-corrected chi connectivity index (χ4v) is 2.73. The van der Waals surface area contributed by atoms with Crippen LogP contribution in [0.15, 0.2) is 0 Å². The van der Waals surface area contributed by atoms with Crippen LogP contribution in [-0.2, 0) is 9.53 Å². The Hall–Kier alpha value is -0.610. The Morgan fingerprint density at radius 1 is 1.18 bits per heavy atom. The van der Waals surface area contributed by atoms with Crippen LogP contribution in [0.4, 0.5) is 0 Å². The predicted octanol–water partition coefficient (Wildman–Crippen LogP) is 1.38. The fourth-order valence-electron chi connectivity index (χ4n) is 2.73. The number of nitrogens with zero attached hydrogens (tertiary/aromatic N) is 1. The summed E-state index contributed by atoms with van der Waals surface area (Å²) in [5.41, 5.74) is 0. The number of carbonyl (C=O) groups excluding carboxylic acids is 1. The summed E-state index contributed by atoms with van der Waals surface area (Å²) < 4.78 is 5.36. The number of carbonyl (C=O) groups is 1. The van der Waals surface area contributed by atoms with E-state index in [0.717, 1.165) is 38.8 Å². The molecule has 98 valence electrons. The maximum Gasteiger partial charge on any atom is 0.310 e. The molecule has 0 bridgehead atoms. The Balaban J connectivity index is 1.63.